The molecule has 0 heterocycles. The summed E-state index contributed by atoms with van der Waals surface area (Å²) in [5.74, 6) is 5.34. The zero-order valence-corrected chi connectivity index (χ0v) is 25.5. The number of allylic oxidation sites excluding steroid dienone is 1. The topological polar surface area (TPSA) is 26.3 Å². The number of ether oxygens (including phenoxy) is 1. The summed E-state index contributed by atoms with van der Waals surface area (Å²) in [6.45, 7) is 14.9. The van der Waals surface area contributed by atoms with Crippen molar-refractivity contribution in [3.8, 4) is 0 Å². The molecule has 0 saturated heterocycles. The standard InChI is InChI=1S/C35H60O2/c1-7-8-9-10-11-15-33(36)37-28-20-22-34(5)27(24-28)16-17-29-31-19-18-30(26(4)14-12-13-25(2)3)35(31,6)23-21-32(29)34/h16,25-26,28-32H,7-15,17-24H2,1-6H3/t26-,28+,29+,30?,31+,32+,34+,35-/m1/s1. The molecule has 4 rings (SSSR count). The number of hydrogen-bond acceptors (Lipinski definition) is 2. The predicted octanol–water partition coefficient (Wildman–Crippen LogP) is 10.3. The van der Waals surface area contributed by atoms with Gasteiger partial charge in [0, 0.05) is 12.8 Å². The van der Waals surface area contributed by atoms with Crippen LogP contribution >= 0.6 is 0 Å². The maximum atomic E-state index is 12.5. The summed E-state index contributed by atoms with van der Waals surface area (Å²) < 4.78 is 6.02. The number of hydrogen-bond donors (Lipinski definition) is 0. The molecule has 0 radical (unpaired) electrons. The van der Waals surface area contributed by atoms with E-state index in [9.17, 15) is 4.79 Å². The molecule has 2 nitrogen and oxygen atoms in total. The van der Waals surface area contributed by atoms with Crippen molar-refractivity contribution in [1.82, 2.24) is 0 Å². The van der Waals surface area contributed by atoms with Crippen LogP contribution in [0.1, 0.15) is 151 Å². The lowest BCUT2D eigenvalue weighted by molar-refractivity contribution is -0.151. The summed E-state index contributed by atoms with van der Waals surface area (Å²) in [6, 6.07) is 0. The zero-order chi connectivity index (χ0) is 26.6. The SMILES string of the molecule is CCCCCCCC(=O)O[C@H]1CC[C@@]2(C)C(=CC[C@@H]3[C@@H]2CC[C@]2(C)C([C@H](C)CCCC(C)C)CC[C@@H]32)C1. The lowest BCUT2D eigenvalue weighted by atomic mass is 9.47. The average molecular weight is 513 g/mol. The number of carbonyl (C=O) groups is 1. The van der Waals surface area contributed by atoms with Gasteiger partial charge < -0.3 is 4.74 Å². The highest BCUT2D eigenvalue weighted by atomic mass is 16.5. The molecule has 0 bridgehead atoms. The fraction of sp³-hybridized carbons (Fsp3) is 0.914. The van der Waals surface area contributed by atoms with E-state index in [2.05, 4.69) is 47.6 Å². The average Bonchev–Trinajstić information content (AvgIpc) is 3.21. The maximum absolute atomic E-state index is 12.5. The molecule has 2 heteroatoms. The van der Waals surface area contributed by atoms with Crippen molar-refractivity contribution in [2.75, 3.05) is 0 Å². The highest BCUT2D eigenvalue weighted by molar-refractivity contribution is 5.69. The summed E-state index contributed by atoms with van der Waals surface area (Å²) in [7, 11) is 0. The van der Waals surface area contributed by atoms with Gasteiger partial charge in [-0.1, -0.05) is 98.1 Å². The number of rotatable bonds is 12. The Labute approximate surface area is 230 Å². The third-order valence-electron chi connectivity index (χ3n) is 12.0. The van der Waals surface area contributed by atoms with Crippen LogP contribution in [0.15, 0.2) is 11.6 Å². The Balaban J connectivity index is 1.34. The molecule has 0 aromatic rings. The molecule has 0 aromatic carbocycles. The quantitative estimate of drug-likeness (QED) is 0.148. The van der Waals surface area contributed by atoms with E-state index in [1.807, 2.05) is 0 Å². The highest BCUT2D eigenvalue weighted by Gasteiger charge is 2.59. The van der Waals surface area contributed by atoms with Gasteiger partial charge in [0.25, 0.3) is 0 Å². The van der Waals surface area contributed by atoms with Crippen molar-refractivity contribution in [1.29, 1.82) is 0 Å². The van der Waals surface area contributed by atoms with Gasteiger partial charge in [-0.25, -0.2) is 0 Å². The first-order valence-electron chi connectivity index (χ1n) is 16.6. The minimum atomic E-state index is 0.0485. The second-order valence-electron chi connectivity index (χ2n) is 14.8. The van der Waals surface area contributed by atoms with Crippen LogP contribution in [0.3, 0.4) is 0 Å². The molecular weight excluding hydrogens is 452 g/mol. The molecule has 0 aromatic heterocycles. The Morgan fingerprint density at radius 1 is 0.946 bits per heavy atom. The van der Waals surface area contributed by atoms with Crippen molar-refractivity contribution < 1.29 is 9.53 Å². The van der Waals surface area contributed by atoms with E-state index in [0.29, 0.717) is 17.3 Å². The summed E-state index contributed by atoms with van der Waals surface area (Å²) in [5.41, 5.74) is 2.54. The molecule has 37 heavy (non-hydrogen) atoms. The summed E-state index contributed by atoms with van der Waals surface area (Å²) in [4.78, 5) is 12.5. The van der Waals surface area contributed by atoms with Gasteiger partial charge in [0.05, 0.1) is 0 Å². The first-order chi connectivity index (χ1) is 17.7. The summed E-state index contributed by atoms with van der Waals surface area (Å²) in [6.07, 6.45) is 23.9. The van der Waals surface area contributed by atoms with Crippen LogP contribution in [0.4, 0.5) is 0 Å². The van der Waals surface area contributed by atoms with Crippen molar-refractivity contribution in [3.63, 3.8) is 0 Å². The van der Waals surface area contributed by atoms with E-state index < -0.39 is 0 Å². The Morgan fingerprint density at radius 2 is 1.73 bits per heavy atom. The van der Waals surface area contributed by atoms with E-state index in [-0.39, 0.29) is 12.1 Å². The Hall–Kier alpha value is -0.790. The van der Waals surface area contributed by atoms with Gasteiger partial charge in [-0.05, 0) is 97.7 Å². The van der Waals surface area contributed by atoms with Crippen LogP contribution in [-0.4, -0.2) is 12.1 Å². The first-order valence-corrected chi connectivity index (χ1v) is 16.6. The molecule has 4 aliphatic rings. The normalized spacial score (nSPS) is 37.9. The Kier molecular flexibility index (Phi) is 9.94. The van der Waals surface area contributed by atoms with Crippen LogP contribution in [0.5, 0.6) is 0 Å². The van der Waals surface area contributed by atoms with Crippen LogP contribution in [0.2, 0.25) is 0 Å². The number of fused-ring (bicyclic) bond motifs is 5. The molecular formula is C35H60O2. The van der Waals surface area contributed by atoms with Crippen molar-refractivity contribution in [2.45, 2.75) is 157 Å². The van der Waals surface area contributed by atoms with Gasteiger partial charge in [-0.3, -0.25) is 4.79 Å². The van der Waals surface area contributed by atoms with Crippen LogP contribution in [-0.2, 0) is 9.53 Å². The molecule has 4 aliphatic carbocycles. The van der Waals surface area contributed by atoms with Gasteiger partial charge >= 0.3 is 5.97 Å². The van der Waals surface area contributed by atoms with E-state index in [4.69, 9.17) is 4.74 Å². The molecule has 0 N–H and O–H groups in total. The van der Waals surface area contributed by atoms with Crippen LogP contribution in [0.25, 0.3) is 0 Å². The molecule has 0 amide bonds. The highest BCUT2D eigenvalue weighted by Crippen LogP contribution is 2.67. The Morgan fingerprint density at radius 3 is 2.49 bits per heavy atom. The van der Waals surface area contributed by atoms with Gasteiger partial charge in [0.2, 0.25) is 0 Å². The smallest absolute Gasteiger partial charge is 0.306 e. The van der Waals surface area contributed by atoms with E-state index in [0.717, 1.165) is 61.2 Å². The molecule has 0 aliphatic heterocycles. The predicted molar refractivity (Wildman–Crippen MR) is 156 cm³/mol. The third kappa shape index (κ3) is 6.35. The number of carbonyl (C=O) groups excluding carboxylic acids is 1. The number of unbranched alkanes of at least 4 members (excludes halogenated alkanes) is 4. The molecule has 212 valence electrons. The summed E-state index contributed by atoms with van der Waals surface area (Å²) >= 11 is 0. The lowest BCUT2D eigenvalue weighted by Crippen LogP contribution is -2.51. The fourth-order valence-corrected chi connectivity index (χ4v) is 9.87. The van der Waals surface area contributed by atoms with Crippen LogP contribution < -0.4 is 0 Å². The van der Waals surface area contributed by atoms with Crippen molar-refractivity contribution in [3.05, 3.63) is 11.6 Å². The monoisotopic (exact) mass is 512 g/mol. The number of esters is 1. The minimum absolute atomic E-state index is 0.0485. The van der Waals surface area contributed by atoms with Gasteiger partial charge in [-0.15, -0.1) is 0 Å². The first kappa shape index (κ1) is 29.2. The third-order valence-corrected chi connectivity index (χ3v) is 12.0. The van der Waals surface area contributed by atoms with Gasteiger partial charge in [0.1, 0.15) is 6.10 Å². The maximum Gasteiger partial charge on any atom is 0.306 e. The summed E-state index contributed by atoms with van der Waals surface area (Å²) in [5, 5.41) is 0. The molecule has 3 fully saturated rings. The minimum Gasteiger partial charge on any atom is -0.462 e. The van der Waals surface area contributed by atoms with E-state index in [1.54, 1.807) is 5.57 Å². The zero-order valence-electron chi connectivity index (χ0n) is 25.5. The molecule has 3 saturated carbocycles. The molecule has 1 unspecified atom stereocenters. The van der Waals surface area contributed by atoms with Gasteiger partial charge in [-0.2, -0.15) is 0 Å². The second-order valence-corrected chi connectivity index (χ2v) is 14.8. The second kappa shape index (κ2) is 12.6. The molecule has 8 atom stereocenters. The van der Waals surface area contributed by atoms with Crippen LogP contribution in [0, 0.1) is 46.3 Å². The Bertz CT molecular complexity index is 782. The molecule has 0 spiro atoms. The fourth-order valence-electron chi connectivity index (χ4n) is 9.87. The van der Waals surface area contributed by atoms with E-state index in [1.165, 1.54) is 77.0 Å². The van der Waals surface area contributed by atoms with Gasteiger partial charge in [0.15, 0.2) is 0 Å². The largest absolute Gasteiger partial charge is 0.462 e. The van der Waals surface area contributed by atoms with Crippen molar-refractivity contribution >= 4 is 5.97 Å². The van der Waals surface area contributed by atoms with Crippen molar-refractivity contribution in [2.24, 2.45) is 46.3 Å². The van der Waals surface area contributed by atoms with E-state index >= 15 is 0 Å². The lowest BCUT2D eigenvalue weighted by Gasteiger charge is -2.58.